The van der Waals surface area contributed by atoms with Gasteiger partial charge in [-0.25, -0.2) is 4.79 Å². The fourth-order valence-electron chi connectivity index (χ4n) is 7.96. The maximum Gasteiger partial charge on any atom is 0.446 e. The van der Waals surface area contributed by atoms with Gasteiger partial charge in [-0.2, -0.15) is 8.42 Å². The molecule has 6 amide bonds. The number of aromatic nitrogens is 1. The third kappa shape index (κ3) is 21.7. The third-order valence-electron chi connectivity index (χ3n) is 11.6. The predicted molar refractivity (Wildman–Crippen MR) is 274 cm³/mol. The van der Waals surface area contributed by atoms with E-state index in [2.05, 4.69) is 41.1 Å². The molecule has 0 spiro atoms. The van der Waals surface area contributed by atoms with E-state index >= 15 is 0 Å². The van der Waals surface area contributed by atoms with Crippen molar-refractivity contribution < 1.29 is 60.6 Å². The van der Waals surface area contributed by atoms with Crippen LogP contribution in [-0.2, 0) is 63.2 Å². The van der Waals surface area contributed by atoms with Crippen LogP contribution in [0.4, 0.5) is 4.79 Å². The normalized spacial score (nSPS) is 13.6. The number of H-pyrrole nitrogens is 1. The van der Waals surface area contributed by atoms with Gasteiger partial charge in [0.15, 0.2) is 0 Å². The molecule has 21 heteroatoms. The molecule has 0 aliphatic heterocycles. The molecule has 20 nitrogen and oxygen atoms in total. The van der Waals surface area contributed by atoms with E-state index in [-0.39, 0.29) is 37.9 Å². The molecule has 4 rings (SSSR count). The van der Waals surface area contributed by atoms with Gasteiger partial charge in [0.05, 0.1) is 13.0 Å². The standard InChI is InChI=1S/C52H71N7O13S/c1-6-8-22-41(57-49(65)43(59-51(67)71-52(3,4)5)29-35-25-27-38(28-26-35)72-73(68,69)70)47(63)54-33-45(60)56-44(30-36-32-53-40-24-16-15-21-39(36)40)50(66)58-42(23-9-7-2)48(64)55-37(31-46(61)62)20-14-13-19-34-17-11-10-12-18-34/h10-12,15-18,21,24-28,32,37,41-44,53H,6-9,13-14,19-20,22-23,29-31,33H2,1-5H3,(H,54,63)(H,55,64)(H,56,60)(H,57,65)(H,58,66)(H,59,67)(H,61,62)(H,68,69,70)/t37-,41+,42+,43+,44-/m1/s1. The number of hydrogen-bond donors (Lipinski definition) is 9. The number of fused-ring (bicyclic) bond motifs is 1. The number of aryl methyl sites for hydroxylation is 1. The van der Waals surface area contributed by atoms with Crippen molar-refractivity contribution in [1.29, 1.82) is 0 Å². The van der Waals surface area contributed by atoms with Gasteiger partial charge in [0, 0.05) is 36.0 Å². The second-order valence-corrected chi connectivity index (χ2v) is 19.9. The molecule has 9 N–H and O–H groups in total. The molecule has 0 aliphatic carbocycles. The van der Waals surface area contributed by atoms with Crippen LogP contribution in [0.15, 0.2) is 85.1 Å². The Morgan fingerprint density at radius 1 is 0.644 bits per heavy atom. The molecule has 0 fully saturated rings. The molecule has 3 aromatic carbocycles. The average Bonchev–Trinajstić information content (AvgIpc) is 3.73. The quantitative estimate of drug-likeness (QED) is 0.0235. The van der Waals surface area contributed by atoms with Crippen LogP contribution >= 0.6 is 0 Å². The molecule has 1 aromatic heterocycles. The van der Waals surface area contributed by atoms with Crippen molar-refractivity contribution >= 4 is 62.9 Å². The Morgan fingerprint density at radius 3 is 1.84 bits per heavy atom. The number of aromatic amines is 1. The number of para-hydroxylation sites is 1. The topological polar surface area (TPSA) is 301 Å². The predicted octanol–water partition coefficient (Wildman–Crippen LogP) is 5.35. The molecule has 398 valence electrons. The molecule has 0 saturated carbocycles. The first kappa shape index (κ1) is 58.6. The minimum atomic E-state index is -4.80. The molecule has 0 unspecified atom stereocenters. The fourth-order valence-corrected chi connectivity index (χ4v) is 8.32. The van der Waals surface area contributed by atoms with E-state index < -0.39 is 94.4 Å². The number of unbranched alkanes of at least 4 members (excludes halogenated alkanes) is 3. The van der Waals surface area contributed by atoms with Crippen LogP contribution in [0.2, 0.25) is 0 Å². The van der Waals surface area contributed by atoms with Crippen molar-refractivity contribution in [2.45, 2.75) is 154 Å². The minimum Gasteiger partial charge on any atom is -0.481 e. The SMILES string of the molecule is CCCC[C@H](NC(=O)[C@H](Cc1ccc(OS(=O)(=O)O)cc1)NC(=O)OC(C)(C)C)C(=O)NCC(=O)N[C@H](Cc1c[nH]c2ccccc12)C(=O)N[C@@H](CCCC)C(=O)N[C@H](CCCCc1ccccc1)CC(=O)O. The van der Waals surface area contributed by atoms with Gasteiger partial charge in [-0.3, -0.25) is 33.3 Å². The first-order valence-corrected chi connectivity index (χ1v) is 26.0. The van der Waals surface area contributed by atoms with Crippen molar-refractivity contribution in [2.75, 3.05) is 6.54 Å². The van der Waals surface area contributed by atoms with Crippen molar-refractivity contribution in [3.05, 3.63) is 102 Å². The number of hydrogen-bond acceptors (Lipinski definition) is 11. The van der Waals surface area contributed by atoms with Gasteiger partial charge >= 0.3 is 22.5 Å². The number of benzene rings is 3. The van der Waals surface area contributed by atoms with Crippen molar-refractivity contribution in [3.8, 4) is 5.75 Å². The van der Waals surface area contributed by atoms with Gasteiger partial charge in [-0.15, -0.1) is 0 Å². The number of amides is 6. The number of ether oxygens (including phenoxy) is 1. The number of aliphatic carboxylic acids is 1. The number of carboxylic acid groups (broad SMARTS) is 1. The monoisotopic (exact) mass is 1030 g/mol. The number of carbonyl (C=O) groups excluding carboxylic acids is 6. The highest BCUT2D eigenvalue weighted by molar-refractivity contribution is 7.81. The summed E-state index contributed by atoms with van der Waals surface area (Å²) < 4.78 is 41.3. The zero-order chi connectivity index (χ0) is 53.6. The first-order valence-electron chi connectivity index (χ1n) is 24.7. The largest absolute Gasteiger partial charge is 0.481 e. The number of rotatable bonds is 30. The van der Waals surface area contributed by atoms with Crippen LogP contribution in [-0.4, -0.2) is 107 Å². The molecule has 0 saturated heterocycles. The lowest BCUT2D eigenvalue weighted by Gasteiger charge is -2.26. The van der Waals surface area contributed by atoms with Gasteiger partial charge < -0.3 is 50.9 Å². The highest BCUT2D eigenvalue weighted by Crippen LogP contribution is 2.20. The van der Waals surface area contributed by atoms with E-state index in [0.717, 1.165) is 29.3 Å². The highest BCUT2D eigenvalue weighted by Gasteiger charge is 2.32. The maximum absolute atomic E-state index is 14.3. The van der Waals surface area contributed by atoms with E-state index in [1.54, 1.807) is 27.0 Å². The second kappa shape index (κ2) is 28.9. The molecular weight excluding hydrogens is 963 g/mol. The van der Waals surface area contributed by atoms with E-state index in [1.165, 1.54) is 24.3 Å². The lowest BCUT2D eigenvalue weighted by Crippen LogP contribution is -2.57. The number of carbonyl (C=O) groups is 7. The Hall–Kier alpha value is -7.00. The number of carboxylic acids is 1. The molecule has 73 heavy (non-hydrogen) atoms. The lowest BCUT2D eigenvalue weighted by atomic mass is 10.0. The summed E-state index contributed by atoms with van der Waals surface area (Å²) in [6.07, 6.45) is 5.70. The molecule has 0 radical (unpaired) electrons. The summed E-state index contributed by atoms with van der Waals surface area (Å²) in [6, 6.07) is 17.0. The summed E-state index contributed by atoms with van der Waals surface area (Å²) in [4.78, 5) is 97.7. The van der Waals surface area contributed by atoms with Crippen LogP contribution in [0.1, 0.15) is 116 Å². The van der Waals surface area contributed by atoms with Gasteiger partial charge in [0.25, 0.3) is 0 Å². The van der Waals surface area contributed by atoms with Crippen LogP contribution in [0.5, 0.6) is 5.75 Å². The van der Waals surface area contributed by atoms with Crippen molar-refractivity contribution in [1.82, 2.24) is 36.9 Å². The van der Waals surface area contributed by atoms with E-state index in [4.69, 9.17) is 9.29 Å². The van der Waals surface area contributed by atoms with E-state index in [0.29, 0.717) is 49.7 Å². The molecule has 4 aromatic rings. The third-order valence-corrected chi connectivity index (χ3v) is 12.0. The van der Waals surface area contributed by atoms with Crippen molar-refractivity contribution in [2.24, 2.45) is 0 Å². The first-order chi connectivity index (χ1) is 34.6. The maximum atomic E-state index is 14.3. The summed E-state index contributed by atoms with van der Waals surface area (Å²) in [5.74, 6) is -4.79. The van der Waals surface area contributed by atoms with Crippen LogP contribution in [0.3, 0.4) is 0 Å². The molecular formula is C52H71N7O13S. The molecule has 5 atom stereocenters. The minimum absolute atomic E-state index is 0.0157. The highest BCUT2D eigenvalue weighted by atomic mass is 32.3. The number of alkyl carbamates (subject to hydrolysis) is 1. The summed E-state index contributed by atoms with van der Waals surface area (Å²) in [6.45, 7) is 8.09. The van der Waals surface area contributed by atoms with Gasteiger partial charge in [0.1, 0.15) is 35.5 Å². The smallest absolute Gasteiger partial charge is 0.446 e. The zero-order valence-electron chi connectivity index (χ0n) is 42.2. The lowest BCUT2D eigenvalue weighted by molar-refractivity contribution is -0.138. The molecule has 0 bridgehead atoms. The Labute approximate surface area is 426 Å². The van der Waals surface area contributed by atoms with Gasteiger partial charge in [0.2, 0.25) is 29.5 Å². The summed E-state index contributed by atoms with van der Waals surface area (Å²) in [7, 11) is -4.80. The average molecular weight is 1030 g/mol. The Bertz CT molecular complexity index is 2570. The van der Waals surface area contributed by atoms with E-state index in [1.807, 2.05) is 68.4 Å². The molecule has 1 heterocycles. The zero-order valence-corrected chi connectivity index (χ0v) is 43.0. The second-order valence-electron chi connectivity index (χ2n) is 18.9. The van der Waals surface area contributed by atoms with Crippen molar-refractivity contribution in [3.63, 3.8) is 0 Å². The summed E-state index contributed by atoms with van der Waals surface area (Å²) in [5.41, 5.74) is 2.13. The Balaban J connectivity index is 1.49. The summed E-state index contributed by atoms with van der Waals surface area (Å²) in [5, 5.41) is 26.7. The van der Waals surface area contributed by atoms with Gasteiger partial charge in [-0.05, 0) is 87.8 Å². The van der Waals surface area contributed by atoms with Crippen LogP contribution in [0.25, 0.3) is 10.9 Å². The Kier molecular flexibility index (Phi) is 23.2. The fraction of sp³-hybridized carbons (Fsp3) is 0.481. The van der Waals surface area contributed by atoms with Crippen LogP contribution < -0.4 is 36.1 Å². The summed E-state index contributed by atoms with van der Waals surface area (Å²) >= 11 is 0. The van der Waals surface area contributed by atoms with Crippen LogP contribution in [0, 0.1) is 0 Å². The number of nitrogens with one attached hydrogen (secondary N) is 7. The molecule has 0 aliphatic rings. The van der Waals surface area contributed by atoms with Gasteiger partial charge in [-0.1, -0.05) is 107 Å². The van der Waals surface area contributed by atoms with E-state index in [9.17, 15) is 47.1 Å². The Morgan fingerprint density at radius 2 is 1.23 bits per heavy atom.